The van der Waals surface area contributed by atoms with Crippen molar-refractivity contribution in [1.29, 1.82) is 0 Å². The number of carbonyl (C=O) groups is 1. The molecule has 0 spiro atoms. The topological polar surface area (TPSA) is 17.1 Å². The van der Waals surface area contributed by atoms with Gasteiger partial charge in [-0.15, -0.1) is 0 Å². The molecule has 0 aliphatic carbocycles. The van der Waals surface area contributed by atoms with Gasteiger partial charge in [0.2, 0.25) is 0 Å². The van der Waals surface area contributed by atoms with Gasteiger partial charge in [0.05, 0.1) is 4.48 Å². The van der Waals surface area contributed by atoms with Crippen molar-refractivity contribution in [2.45, 2.75) is 27.7 Å². The van der Waals surface area contributed by atoms with Crippen LogP contribution in [0.1, 0.15) is 27.7 Å². The Hall–Kier alpha value is -0.110. The average molecular weight is 205 g/mol. The van der Waals surface area contributed by atoms with E-state index >= 15 is 0 Å². The lowest BCUT2D eigenvalue weighted by molar-refractivity contribution is -0.104. The van der Waals surface area contributed by atoms with E-state index in [1.165, 1.54) is 0 Å². The molecule has 0 heterocycles. The fourth-order valence-electron chi connectivity index (χ4n) is 0.447. The molecule has 0 rings (SSSR count). The zero-order valence-corrected chi connectivity index (χ0v) is 8.45. The number of hydrogen-bond acceptors (Lipinski definition) is 1. The first-order chi connectivity index (χ1) is 4.39. The normalized spacial score (nSPS) is 14.5. The summed E-state index contributed by atoms with van der Waals surface area (Å²) in [6, 6.07) is 0. The molecule has 0 aromatic carbocycles. The highest BCUT2D eigenvalue weighted by Gasteiger charge is 2.15. The van der Waals surface area contributed by atoms with Gasteiger partial charge in [-0.05, 0) is 28.3 Å². The van der Waals surface area contributed by atoms with E-state index in [4.69, 9.17) is 0 Å². The highest BCUT2D eigenvalue weighted by molar-refractivity contribution is 9.12. The Kier molecular flexibility index (Phi) is 3.29. The molecule has 0 amide bonds. The van der Waals surface area contributed by atoms with Crippen molar-refractivity contribution in [1.82, 2.24) is 0 Å². The average Bonchev–Trinajstić information content (AvgIpc) is 1.83. The van der Waals surface area contributed by atoms with Gasteiger partial charge in [0, 0.05) is 0 Å². The van der Waals surface area contributed by atoms with Crippen LogP contribution in [0.5, 0.6) is 0 Å². The van der Waals surface area contributed by atoms with Crippen molar-refractivity contribution < 1.29 is 4.79 Å². The van der Waals surface area contributed by atoms with Crippen molar-refractivity contribution in [2.24, 2.45) is 5.41 Å². The largest absolute Gasteiger partial charge is 0.297 e. The third kappa shape index (κ3) is 2.65. The summed E-state index contributed by atoms with van der Waals surface area (Å²) >= 11 is 3.19. The molecular formula is C8H13BrO. The molecule has 0 radical (unpaired) electrons. The second kappa shape index (κ2) is 3.33. The Morgan fingerprint density at radius 1 is 1.40 bits per heavy atom. The van der Waals surface area contributed by atoms with E-state index in [1.54, 1.807) is 0 Å². The zero-order chi connectivity index (χ0) is 8.36. The smallest absolute Gasteiger partial charge is 0.156 e. The highest BCUT2D eigenvalue weighted by atomic mass is 79.9. The van der Waals surface area contributed by atoms with E-state index in [2.05, 4.69) is 36.7 Å². The predicted octanol–water partition coefficient (Wildman–Crippen LogP) is 2.90. The Bertz CT molecular complexity index is 163. The second-order valence-corrected chi connectivity index (χ2v) is 4.20. The maximum atomic E-state index is 10.3. The zero-order valence-electron chi connectivity index (χ0n) is 6.86. The van der Waals surface area contributed by atoms with Crippen LogP contribution in [0, 0.1) is 5.41 Å². The Balaban J connectivity index is 4.63. The van der Waals surface area contributed by atoms with E-state index in [0.717, 1.165) is 11.9 Å². The molecule has 1 nitrogen and oxygen atoms in total. The minimum Gasteiger partial charge on any atom is -0.297 e. The van der Waals surface area contributed by atoms with Crippen LogP contribution < -0.4 is 0 Å². The number of hydrogen-bond donors (Lipinski definition) is 0. The second-order valence-electron chi connectivity index (χ2n) is 3.34. The first-order valence-electron chi connectivity index (χ1n) is 3.21. The van der Waals surface area contributed by atoms with Crippen molar-refractivity contribution in [3.05, 3.63) is 10.1 Å². The Morgan fingerprint density at radius 2 is 1.80 bits per heavy atom. The maximum Gasteiger partial charge on any atom is 0.156 e. The molecule has 0 atom stereocenters. The molecular weight excluding hydrogens is 192 g/mol. The summed E-state index contributed by atoms with van der Waals surface area (Å²) < 4.78 is 0.667. The van der Waals surface area contributed by atoms with E-state index < -0.39 is 0 Å². The number of rotatable bonds is 1. The van der Waals surface area contributed by atoms with Crippen LogP contribution in [0.4, 0.5) is 0 Å². The fraction of sp³-hybridized carbons (Fsp3) is 0.625. The lowest BCUT2D eigenvalue weighted by Gasteiger charge is -2.19. The Morgan fingerprint density at radius 3 is 1.90 bits per heavy atom. The van der Waals surface area contributed by atoms with Crippen molar-refractivity contribution in [2.75, 3.05) is 0 Å². The van der Waals surface area contributed by atoms with Crippen LogP contribution >= 0.6 is 15.9 Å². The highest BCUT2D eigenvalue weighted by Crippen LogP contribution is 2.28. The Labute approximate surface area is 70.6 Å². The molecule has 0 bridgehead atoms. The first kappa shape index (κ1) is 9.89. The van der Waals surface area contributed by atoms with Crippen LogP contribution in [-0.2, 0) is 4.79 Å². The lowest BCUT2D eigenvalue weighted by atomic mass is 9.88. The van der Waals surface area contributed by atoms with Gasteiger partial charge in [-0.3, -0.25) is 4.79 Å². The summed E-state index contributed by atoms with van der Waals surface area (Å²) in [6.07, 6.45) is 0.834. The van der Waals surface area contributed by atoms with Crippen LogP contribution in [-0.4, -0.2) is 6.29 Å². The summed E-state index contributed by atoms with van der Waals surface area (Å²) in [5.41, 5.74) is 1.17. The third-order valence-corrected chi connectivity index (χ3v) is 2.37. The van der Waals surface area contributed by atoms with Gasteiger partial charge in [-0.1, -0.05) is 26.3 Å². The quantitative estimate of drug-likeness (QED) is 0.475. The van der Waals surface area contributed by atoms with E-state index in [1.807, 2.05) is 6.92 Å². The number of allylic oxidation sites excluding steroid dienone is 2. The first-order valence-corrected chi connectivity index (χ1v) is 4.01. The maximum absolute atomic E-state index is 10.3. The minimum atomic E-state index is 0.0831. The minimum absolute atomic E-state index is 0.0831. The number of aldehydes is 1. The molecule has 0 saturated heterocycles. The molecule has 0 aliphatic heterocycles. The van der Waals surface area contributed by atoms with E-state index in [-0.39, 0.29) is 5.41 Å². The lowest BCUT2D eigenvalue weighted by Crippen LogP contribution is -2.08. The van der Waals surface area contributed by atoms with Gasteiger partial charge in [-0.2, -0.15) is 0 Å². The molecule has 10 heavy (non-hydrogen) atoms. The molecule has 0 aliphatic rings. The SMILES string of the molecule is C/C(=C(\Br)C=O)C(C)(C)C. The van der Waals surface area contributed by atoms with Crippen LogP contribution in [0.15, 0.2) is 10.1 Å². The molecule has 2 heteroatoms. The van der Waals surface area contributed by atoms with Crippen molar-refractivity contribution in [3.8, 4) is 0 Å². The van der Waals surface area contributed by atoms with Crippen LogP contribution in [0.3, 0.4) is 0 Å². The standard InChI is InChI=1S/C8H13BrO/c1-6(7(9)5-10)8(2,3)4/h5H,1-4H3/b7-6+. The molecule has 58 valence electrons. The van der Waals surface area contributed by atoms with E-state index in [9.17, 15) is 4.79 Å². The van der Waals surface area contributed by atoms with Crippen LogP contribution in [0.25, 0.3) is 0 Å². The molecule has 0 saturated carbocycles. The molecule has 0 aromatic rings. The summed E-state index contributed by atoms with van der Waals surface area (Å²) in [5, 5.41) is 0. The summed E-state index contributed by atoms with van der Waals surface area (Å²) in [4.78, 5) is 10.3. The van der Waals surface area contributed by atoms with Crippen molar-refractivity contribution in [3.63, 3.8) is 0 Å². The van der Waals surface area contributed by atoms with Gasteiger partial charge < -0.3 is 0 Å². The van der Waals surface area contributed by atoms with Crippen molar-refractivity contribution >= 4 is 22.2 Å². The molecule has 0 unspecified atom stereocenters. The van der Waals surface area contributed by atoms with Gasteiger partial charge >= 0.3 is 0 Å². The molecule has 0 N–H and O–H groups in total. The predicted molar refractivity (Wildman–Crippen MR) is 47.1 cm³/mol. The monoisotopic (exact) mass is 204 g/mol. The van der Waals surface area contributed by atoms with E-state index in [0.29, 0.717) is 4.48 Å². The third-order valence-electron chi connectivity index (χ3n) is 1.59. The van der Waals surface area contributed by atoms with Gasteiger partial charge in [0.25, 0.3) is 0 Å². The summed E-state index contributed by atoms with van der Waals surface area (Å²) in [5.74, 6) is 0. The molecule has 0 fully saturated rings. The van der Waals surface area contributed by atoms with Crippen LogP contribution in [0.2, 0.25) is 0 Å². The number of carbonyl (C=O) groups excluding carboxylic acids is 1. The van der Waals surface area contributed by atoms with Gasteiger partial charge in [0.1, 0.15) is 0 Å². The number of halogens is 1. The van der Waals surface area contributed by atoms with Gasteiger partial charge in [-0.25, -0.2) is 0 Å². The summed E-state index contributed by atoms with van der Waals surface area (Å²) in [6.45, 7) is 8.19. The van der Waals surface area contributed by atoms with Gasteiger partial charge in [0.15, 0.2) is 6.29 Å². The fourth-order valence-corrected chi connectivity index (χ4v) is 1.04. The summed E-state index contributed by atoms with van der Waals surface area (Å²) in [7, 11) is 0. The molecule has 0 aromatic heterocycles.